The smallest absolute Gasteiger partial charge is 0.0361 e. The Labute approximate surface area is 237 Å². The molecule has 0 aliphatic rings. The number of rotatable bonds is 11. The minimum atomic E-state index is 1.19. The average Bonchev–Trinajstić information content (AvgIpc) is 3.31. The van der Waals surface area contributed by atoms with E-state index in [1.807, 2.05) is 11.3 Å². The van der Waals surface area contributed by atoms with Crippen LogP contribution in [0.2, 0.25) is 0 Å². The van der Waals surface area contributed by atoms with E-state index in [9.17, 15) is 0 Å². The summed E-state index contributed by atoms with van der Waals surface area (Å²) in [5.41, 5.74) is 5.54. The van der Waals surface area contributed by atoms with Gasteiger partial charge in [0.1, 0.15) is 0 Å². The van der Waals surface area contributed by atoms with E-state index in [0.717, 1.165) is 0 Å². The minimum Gasteiger partial charge on any atom is -0.135 e. The highest BCUT2D eigenvalue weighted by Gasteiger charge is 2.10. The van der Waals surface area contributed by atoms with Crippen LogP contribution in [0.4, 0.5) is 0 Å². The molecule has 0 saturated heterocycles. The SMILES string of the molecule is CCCCCCc1ccc(-c2ccc3cc4c(cc3c2)sc2cc3ccc(CCCCCC)cc3cc24)cc1. The molecular formula is C38H40S. The van der Waals surface area contributed by atoms with E-state index >= 15 is 0 Å². The second-order valence-electron chi connectivity index (χ2n) is 11.4. The molecule has 0 atom stereocenters. The lowest BCUT2D eigenvalue weighted by atomic mass is 9.97. The number of hydrogen-bond acceptors (Lipinski definition) is 1. The first-order chi connectivity index (χ1) is 19.2. The van der Waals surface area contributed by atoms with E-state index in [0.29, 0.717) is 0 Å². The van der Waals surface area contributed by atoms with Crippen LogP contribution in [0.3, 0.4) is 0 Å². The molecule has 0 nitrogen and oxygen atoms in total. The maximum absolute atomic E-state index is 2.43. The van der Waals surface area contributed by atoms with E-state index in [1.54, 1.807) is 0 Å². The van der Waals surface area contributed by atoms with Gasteiger partial charge < -0.3 is 0 Å². The summed E-state index contributed by atoms with van der Waals surface area (Å²) in [6.45, 7) is 4.56. The quantitative estimate of drug-likeness (QED) is 0.147. The van der Waals surface area contributed by atoms with Crippen LogP contribution in [0.15, 0.2) is 84.9 Å². The maximum atomic E-state index is 2.43. The molecular weight excluding hydrogens is 488 g/mol. The first-order valence-corrected chi connectivity index (χ1v) is 16.0. The predicted molar refractivity (Wildman–Crippen MR) is 175 cm³/mol. The van der Waals surface area contributed by atoms with Crippen molar-refractivity contribution in [1.82, 2.24) is 0 Å². The van der Waals surface area contributed by atoms with Crippen LogP contribution in [0, 0.1) is 0 Å². The highest BCUT2D eigenvalue weighted by molar-refractivity contribution is 7.26. The summed E-state index contributed by atoms with van der Waals surface area (Å²) in [6, 6.07) is 33.0. The molecule has 198 valence electrons. The Morgan fingerprint density at radius 2 is 0.974 bits per heavy atom. The Hall–Kier alpha value is -3.16. The van der Waals surface area contributed by atoms with E-state index in [-0.39, 0.29) is 0 Å². The van der Waals surface area contributed by atoms with Gasteiger partial charge in [0.05, 0.1) is 0 Å². The van der Waals surface area contributed by atoms with Crippen molar-refractivity contribution in [2.24, 2.45) is 0 Å². The minimum absolute atomic E-state index is 1.19. The van der Waals surface area contributed by atoms with Gasteiger partial charge in [0.25, 0.3) is 0 Å². The Morgan fingerprint density at radius 3 is 1.69 bits per heavy atom. The van der Waals surface area contributed by atoms with Gasteiger partial charge in [-0.2, -0.15) is 0 Å². The van der Waals surface area contributed by atoms with Crippen molar-refractivity contribution < 1.29 is 0 Å². The fourth-order valence-electron chi connectivity index (χ4n) is 6.02. The molecule has 0 unspecified atom stereocenters. The van der Waals surface area contributed by atoms with Crippen LogP contribution in [0.5, 0.6) is 0 Å². The molecule has 1 heterocycles. The van der Waals surface area contributed by atoms with Crippen molar-refractivity contribution in [3.63, 3.8) is 0 Å². The predicted octanol–water partition coefficient (Wildman–Crippen LogP) is 12.3. The number of thiophene rings is 1. The van der Waals surface area contributed by atoms with E-state index in [1.165, 1.54) is 128 Å². The highest BCUT2D eigenvalue weighted by Crippen LogP contribution is 2.39. The van der Waals surface area contributed by atoms with Crippen molar-refractivity contribution in [2.75, 3.05) is 0 Å². The van der Waals surface area contributed by atoms with Crippen LogP contribution < -0.4 is 0 Å². The Bertz CT molecular complexity index is 1720. The number of benzene rings is 5. The molecule has 0 aliphatic heterocycles. The molecule has 0 saturated carbocycles. The first-order valence-electron chi connectivity index (χ1n) is 15.1. The van der Waals surface area contributed by atoms with Gasteiger partial charge in [-0.3, -0.25) is 0 Å². The lowest BCUT2D eigenvalue weighted by molar-refractivity contribution is 0.667. The summed E-state index contributed by atoms with van der Waals surface area (Å²) >= 11 is 1.93. The zero-order valence-corrected chi connectivity index (χ0v) is 24.4. The lowest BCUT2D eigenvalue weighted by Crippen LogP contribution is -1.86. The standard InChI is InChI=1S/C38H40S/c1-3-5-7-9-11-27-13-16-29(17-14-27)30-19-20-31-23-35-36-24-33-21-28(12-10-8-6-4-2)15-18-32(33)25-37(36)39-38(35)26-34(31)22-30/h13-26H,3-12H2,1-2H3. The third-order valence-electron chi connectivity index (χ3n) is 8.38. The van der Waals surface area contributed by atoms with Crippen LogP contribution in [-0.2, 0) is 12.8 Å². The molecule has 39 heavy (non-hydrogen) atoms. The summed E-state index contributed by atoms with van der Waals surface area (Å²) in [4.78, 5) is 0. The van der Waals surface area contributed by atoms with E-state index in [4.69, 9.17) is 0 Å². The Morgan fingerprint density at radius 1 is 0.436 bits per heavy atom. The first kappa shape index (κ1) is 26.1. The van der Waals surface area contributed by atoms with Gasteiger partial charge in [0, 0.05) is 20.2 Å². The summed E-state index contributed by atoms with van der Waals surface area (Å²) in [6.07, 6.45) is 12.9. The molecule has 6 aromatic rings. The average molecular weight is 529 g/mol. The molecule has 0 radical (unpaired) electrons. The Balaban J connectivity index is 1.29. The van der Waals surface area contributed by atoms with Gasteiger partial charge in [0.2, 0.25) is 0 Å². The highest BCUT2D eigenvalue weighted by atomic mass is 32.1. The van der Waals surface area contributed by atoms with Crippen LogP contribution in [-0.4, -0.2) is 0 Å². The fourth-order valence-corrected chi connectivity index (χ4v) is 7.19. The third kappa shape index (κ3) is 5.75. The number of hydrogen-bond donors (Lipinski definition) is 0. The third-order valence-corrected chi connectivity index (χ3v) is 9.49. The number of unbranched alkanes of at least 4 members (excludes halogenated alkanes) is 6. The fraction of sp³-hybridized carbons (Fsp3) is 0.316. The van der Waals surface area contributed by atoms with Crippen LogP contribution >= 0.6 is 11.3 Å². The van der Waals surface area contributed by atoms with Gasteiger partial charge in [-0.25, -0.2) is 0 Å². The zero-order valence-electron chi connectivity index (χ0n) is 23.6. The van der Waals surface area contributed by atoms with Crippen LogP contribution in [0.1, 0.15) is 76.3 Å². The van der Waals surface area contributed by atoms with Crippen molar-refractivity contribution in [1.29, 1.82) is 0 Å². The molecule has 0 fully saturated rings. The summed E-state index contributed by atoms with van der Waals surface area (Å²) in [5.74, 6) is 0. The molecule has 5 aromatic carbocycles. The molecule has 0 bridgehead atoms. The van der Waals surface area contributed by atoms with Crippen molar-refractivity contribution in [2.45, 2.75) is 78.1 Å². The second-order valence-corrected chi connectivity index (χ2v) is 12.4. The van der Waals surface area contributed by atoms with Gasteiger partial charge in [0.15, 0.2) is 0 Å². The second kappa shape index (κ2) is 11.9. The molecule has 0 amide bonds. The zero-order chi connectivity index (χ0) is 26.6. The van der Waals surface area contributed by atoms with E-state index in [2.05, 4.69) is 98.8 Å². The van der Waals surface area contributed by atoms with Gasteiger partial charge in [-0.05, 0) is 99.8 Å². The van der Waals surface area contributed by atoms with Crippen molar-refractivity contribution in [3.05, 3.63) is 96.1 Å². The van der Waals surface area contributed by atoms with Gasteiger partial charge in [-0.15, -0.1) is 11.3 Å². The summed E-state index contributed by atoms with van der Waals surface area (Å²) in [5, 5.41) is 8.16. The largest absolute Gasteiger partial charge is 0.135 e. The van der Waals surface area contributed by atoms with Crippen molar-refractivity contribution >= 4 is 53.1 Å². The molecule has 6 rings (SSSR count). The molecule has 1 heteroatoms. The summed E-state index contributed by atoms with van der Waals surface area (Å²) < 4.78 is 2.77. The monoisotopic (exact) mass is 528 g/mol. The molecule has 0 N–H and O–H groups in total. The number of fused-ring (bicyclic) bond motifs is 5. The Kier molecular flexibility index (Phi) is 7.98. The summed E-state index contributed by atoms with van der Waals surface area (Å²) in [7, 11) is 0. The molecule has 0 spiro atoms. The number of aryl methyl sites for hydroxylation is 2. The van der Waals surface area contributed by atoms with Gasteiger partial charge in [-0.1, -0.05) is 107 Å². The maximum Gasteiger partial charge on any atom is 0.0361 e. The molecule has 0 aliphatic carbocycles. The normalized spacial score (nSPS) is 11.8. The lowest BCUT2D eigenvalue weighted by Gasteiger charge is -2.07. The van der Waals surface area contributed by atoms with Crippen molar-refractivity contribution in [3.8, 4) is 11.1 Å². The molecule has 1 aromatic heterocycles. The van der Waals surface area contributed by atoms with Gasteiger partial charge >= 0.3 is 0 Å². The van der Waals surface area contributed by atoms with E-state index < -0.39 is 0 Å². The van der Waals surface area contributed by atoms with Crippen LogP contribution in [0.25, 0.3) is 52.8 Å². The topological polar surface area (TPSA) is 0 Å².